The first kappa shape index (κ1) is 27.3. The van der Waals surface area contributed by atoms with Gasteiger partial charge in [-0.25, -0.2) is 0 Å². The number of ketones is 1. The molecule has 1 aromatic carbocycles. The molecule has 0 spiro atoms. The zero-order valence-electron chi connectivity index (χ0n) is 22.7. The Kier molecular flexibility index (Phi) is 8.97. The number of nitrogens with zero attached hydrogens (tertiary/aromatic N) is 4. The van der Waals surface area contributed by atoms with Gasteiger partial charge in [0, 0.05) is 35.7 Å². The zero-order valence-corrected chi connectivity index (χ0v) is 23.6. The number of thioether (sulfide) groups is 1. The highest BCUT2D eigenvalue weighted by molar-refractivity contribution is 7.99. The van der Waals surface area contributed by atoms with Crippen molar-refractivity contribution in [3.8, 4) is 22.9 Å². The Bertz CT molecular complexity index is 1230. The van der Waals surface area contributed by atoms with Crippen LogP contribution < -0.4 is 9.47 Å². The van der Waals surface area contributed by atoms with Crippen LogP contribution in [0.1, 0.15) is 72.9 Å². The number of benzene rings is 1. The summed E-state index contributed by atoms with van der Waals surface area (Å²) in [5.74, 6) is 2.53. The number of aryl methyl sites for hydroxylation is 1. The van der Waals surface area contributed by atoms with Gasteiger partial charge < -0.3 is 18.8 Å². The summed E-state index contributed by atoms with van der Waals surface area (Å²) in [4.78, 5) is 13.3. The number of rotatable bonds is 11. The van der Waals surface area contributed by atoms with E-state index in [1.54, 1.807) is 21.3 Å². The van der Waals surface area contributed by atoms with E-state index in [4.69, 9.17) is 14.2 Å². The number of hydrogen-bond donors (Lipinski definition) is 0. The standard InChI is InChI=1S/C28H38N4O4S/c1-18-14-23(20(3)31(18)19(2)16-34-4)24(33)17-37-28-30-29-27(32(28)22-10-8-7-9-11-22)21-12-13-25(35-5)26(15-21)36-6/h12-15,19,22H,7-11,16-17H2,1-6H3/t19-/m1/s1. The molecule has 0 N–H and O–H groups in total. The smallest absolute Gasteiger partial charge is 0.192 e. The Balaban J connectivity index is 1.61. The lowest BCUT2D eigenvalue weighted by Crippen LogP contribution is -2.16. The summed E-state index contributed by atoms with van der Waals surface area (Å²) in [6.45, 7) is 6.76. The van der Waals surface area contributed by atoms with Crippen LogP contribution in [0.3, 0.4) is 0 Å². The van der Waals surface area contributed by atoms with Crippen molar-refractivity contribution in [2.24, 2.45) is 0 Å². The summed E-state index contributed by atoms with van der Waals surface area (Å²) < 4.78 is 20.7. The summed E-state index contributed by atoms with van der Waals surface area (Å²) in [6, 6.07) is 8.29. The first-order valence-electron chi connectivity index (χ1n) is 12.9. The van der Waals surface area contributed by atoms with E-state index in [-0.39, 0.29) is 11.8 Å². The molecule has 1 saturated carbocycles. The second-order valence-corrected chi connectivity index (χ2v) is 10.7. The molecule has 200 valence electrons. The molecule has 8 nitrogen and oxygen atoms in total. The van der Waals surface area contributed by atoms with Crippen LogP contribution in [0.15, 0.2) is 29.4 Å². The van der Waals surface area contributed by atoms with Crippen molar-refractivity contribution in [3.05, 3.63) is 41.2 Å². The highest BCUT2D eigenvalue weighted by Crippen LogP contribution is 2.38. The molecule has 0 saturated heterocycles. The minimum Gasteiger partial charge on any atom is -0.493 e. The summed E-state index contributed by atoms with van der Waals surface area (Å²) >= 11 is 1.47. The number of carbonyl (C=O) groups excluding carboxylic acids is 1. The van der Waals surface area contributed by atoms with E-state index in [9.17, 15) is 4.79 Å². The van der Waals surface area contributed by atoms with Crippen LogP contribution in [-0.2, 0) is 4.74 Å². The van der Waals surface area contributed by atoms with E-state index in [0.29, 0.717) is 29.9 Å². The van der Waals surface area contributed by atoms with E-state index >= 15 is 0 Å². The van der Waals surface area contributed by atoms with E-state index < -0.39 is 0 Å². The molecule has 0 radical (unpaired) electrons. The van der Waals surface area contributed by atoms with Gasteiger partial charge in [-0.05, 0) is 57.9 Å². The van der Waals surface area contributed by atoms with Crippen LogP contribution in [0.4, 0.5) is 0 Å². The van der Waals surface area contributed by atoms with Crippen molar-refractivity contribution in [2.45, 2.75) is 70.1 Å². The molecular formula is C28H38N4O4S. The molecule has 4 rings (SSSR count). The second-order valence-electron chi connectivity index (χ2n) is 9.71. The highest BCUT2D eigenvalue weighted by Gasteiger charge is 2.26. The van der Waals surface area contributed by atoms with E-state index in [1.807, 2.05) is 38.1 Å². The summed E-state index contributed by atoms with van der Waals surface area (Å²) in [6.07, 6.45) is 5.78. The molecule has 3 aromatic rings. The van der Waals surface area contributed by atoms with Gasteiger partial charge in [-0.3, -0.25) is 9.36 Å². The lowest BCUT2D eigenvalue weighted by atomic mass is 9.95. The Hall–Kier alpha value is -2.78. The number of ether oxygens (including phenoxy) is 3. The van der Waals surface area contributed by atoms with Crippen LogP contribution >= 0.6 is 11.8 Å². The fourth-order valence-electron chi connectivity index (χ4n) is 5.48. The first-order chi connectivity index (χ1) is 17.9. The maximum atomic E-state index is 13.3. The molecule has 37 heavy (non-hydrogen) atoms. The Morgan fingerprint density at radius 1 is 1.05 bits per heavy atom. The Morgan fingerprint density at radius 2 is 1.78 bits per heavy atom. The predicted octanol–water partition coefficient (Wildman–Crippen LogP) is 6.07. The van der Waals surface area contributed by atoms with Crippen molar-refractivity contribution >= 4 is 17.5 Å². The van der Waals surface area contributed by atoms with Crippen LogP contribution in [-0.4, -0.2) is 58.8 Å². The normalized spacial score (nSPS) is 15.1. The summed E-state index contributed by atoms with van der Waals surface area (Å²) in [5.41, 5.74) is 3.73. The maximum absolute atomic E-state index is 13.3. The van der Waals surface area contributed by atoms with Gasteiger partial charge in [-0.15, -0.1) is 10.2 Å². The highest BCUT2D eigenvalue weighted by atomic mass is 32.2. The van der Waals surface area contributed by atoms with Crippen molar-refractivity contribution in [1.29, 1.82) is 0 Å². The van der Waals surface area contributed by atoms with Crippen LogP contribution in [0.2, 0.25) is 0 Å². The summed E-state index contributed by atoms with van der Waals surface area (Å²) in [7, 11) is 4.96. The fourth-order valence-corrected chi connectivity index (χ4v) is 6.37. The Labute approximate surface area is 223 Å². The van der Waals surface area contributed by atoms with E-state index in [0.717, 1.165) is 46.3 Å². The number of methoxy groups -OCH3 is 3. The lowest BCUT2D eigenvalue weighted by Gasteiger charge is -2.25. The molecular weight excluding hydrogens is 488 g/mol. The molecule has 1 aliphatic carbocycles. The van der Waals surface area contributed by atoms with Gasteiger partial charge in [0.05, 0.1) is 32.6 Å². The number of aromatic nitrogens is 4. The number of hydrogen-bond acceptors (Lipinski definition) is 7. The quantitative estimate of drug-likeness (QED) is 0.222. The van der Waals surface area contributed by atoms with Gasteiger partial charge in [-0.2, -0.15) is 0 Å². The minimum absolute atomic E-state index is 0.0971. The average Bonchev–Trinajstić information content (AvgIpc) is 3.47. The number of Topliss-reactive ketones (excluding diaryl/α,β-unsaturated/α-hetero) is 1. The number of carbonyl (C=O) groups is 1. The SMILES string of the molecule is COC[C@@H](C)n1c(C)cc(C(=O)CSc2nnc(-c3ccc(OC)c(OC)c3)n2C2CCCCC2)c1C. The van der Waals surface area contributed by atoms with Gasteiger partial charge in [0.15, 0.2) is 28.3 Å². The van der Waals surface area contributed by atoms with E-state index in [1.165, 1.54) is 31.0 Å². The first-order valence-corrected chi connectivity index (χ1v) is 13.9. The largest absolute Gasteiger partial charge is 0.493 e. The molecule has 2 aromatic heterocycles. The third kappa shape index (κ3) is 5.72. The molecule has 1 aliphatic rings. The van der Waals surface area contributed by atoms with Crippen molar-refractivity contribution in [1.82, 2.24) is 19.3 Å². The Morgan fingerprint density at radius 3 is 2.46 bits per heavy atom. The topological polar surface area (TPSA) is 80.4 Å². The second kappa shape index (κ2) is 12.2. The van der Waals surface area contributed by atoms with Gasteiger partial charge >= 0.3 is 0 Å². The average molecular weight is 527 g/mol. The molecule has 0 unspecified atom stereocenters. The molecule has 0 aliphatic heterocycles. The zero-order chi connectivity index (χ0) is 26.5. The van der Waals surface area contributed by atoms with Crippen LogP contribution in [0, 0.1) is 13.8 Å². The van der Waals surface area contributed by atoms with Crippen molar-refractivity contribution in [3.63, 3.8) is 0 Å². The molecule has 2 heterocycles. The minimum atomic E-state index is 0.0971. The molecule has 0 amide bonds. The van der Waals surface area contributed by atoms with Crippen molar-refractivity contribution in [2.75, 3.05) is 33.7 Å². The maximum Gasteiger partial charge on any atom is 0.192 e. The third-order valence-electron chi connectivity index (χ3n) is 7.21. The lowest BCUT2D eigenvalue weighted by molar-refractivity contribution is 0.102. The van der Waals surface area contributed by atoms with E-state index in [2.05, 4.69) is 26.3 Å². The fraction of sp³-hybridized carbons (Fsp3) is 0.536. The van der Waals surface area contributed by atoms with Gasteiger partial charge in [-0.1, -0.05) is 31.0 Å². The summed E-state index contributed by atoms with van der Waals surface area (Å²) in [5, 5.41) is 9.93. The van der Waals surface area contributed by atoms with Crippen LogP contribution in [0.5, 0.6) is 11.5 Å². The third-order valence-corrected chi connectivity index (χ3v) is 8.15. The molecule has 0 bridgehead atoms. The van der Waals surface area contributed by atoms with Gasteiger partial charge in [0.2, 0.25) is 0 Å². The molecule has 1 fully saturated rings. The molecule has 9 heteroatoms. The predicted molar refractivity (Wildman–Crippen MR) is 146 cm³/mol. The molecule has 1 atom stereocenters. The monoisotopic (exact) mass is 526 g/mol. The van der Waals surface area contributed by atoms with Crippen LogP contribution in [0.25, 0.3) is 11.4 Å². The van der Waals surface area contributed by atoms with Gasteiger partial charge in [0.1, 0.15) is 0 Å². The van der Waals surface area contributed by atoms with Gasteiger partial charge in [0.25, 0.3) is 0 Å². The van der Waals surface area contributed by atoms with Crippen molar-refractivity contribution < 1.29 is 19.0 Å².